The smallest absolute Gasteiger partial charge is 0.406 e. The van der Waals surface area contributed by atoms with Gasteiger partial charge in [-0.1, -0.05) is 0 Å². The summed E-state index contributed by atoms with van der Waals surface area (Å²) in [7, 11) is 0. The topological polar surface area (TPSA) is 61.7 Å². The van der Waals surface area contributed by atoms with E-state index in [4.69, 9.17) is 5.11 Å². The van der Waals surface area contributed by atoms with Crippen molar-refractivity contribution in [3.63, 3.8) is 0 Å². The van der Waals surface area contributed by atoms with E-state index in [1.165, 1.54) is 0 Å². The lowest BCUT2D eigenvalue weighted by Gasteiger charge is -2.15. The Morgan fingerprint density at radius 3 is 2.21 bits per heavy atom. The van der Waals surface area contributed by atoms with E-state index in [2.05, 4.69) is 41.9 Å². The molecule has 1 aromatic carbocycles. The van der Waals surface area contributed by atoms with E-state index >= 15 is 0 Å². The van der Waals surface area contributed by atoms with Gasteiger partial charge >= 0.3 is 6.36 Å². The monoisotopic (exact) mass is 407 g/mol. The molecule has 3 N–H and O–H groups in total. The Morgan fingerprint density at radius 2 is 1.79 bits per heavy atom. The maximum absolute atomic E-state index is 12.1. The molecule has 1 unspecified atom stereocenters. The van der Waals surface area contributed by atoms with E-state index < -0.39 is 19.1 Å². The van der Waals surface area contributed by atoms with Gasteiger partial charge in [-0.15, -0.1) is 13.2 Å². The predicted octanol–water partition coefficient (Wildman–Crippen LogP) is 2.88. The zero-order valence-electron chi connectivity index (χ0n) is 9.34. The molecule has 1 aromatic rings. The van der Waals surface area contributed by atoms with Crippen LogP contribution in [0.5, 0.6) is 5.75 Å². The van der Waals surface area contributed by atoms with Crippen molar-refractivity contribution in [3.8, 4) is 5.75 Å². The summed E-state index contributed by atoms with van der Waals surface area (Å²) in [5.41, 5.74) is 0.446. The first kappa shape index (κ1) is 16.5. The zero-order chi connectivity index (χ0) is 14.6. The Kier molecular flexibility index (Phi) is 5.90. The van der Waals surface area contributed by atoms with Crippen LogP contribution >= 0.6 is 31.9 Å². The van der Waals surface area contributed by atoms with E-state index in [9.17, 15) is 18.3 Å². The summed E-state index contributed by atoms with van der Waals surface area (Å²) in [4.78, 5) is 0. The number of hydrogen-bond acceptors (Lipinski definition) is 4. The maximum Gasteiger partial charge on any atom is 0.573 e. The van der Waals surface area contributed by atoms with Crippen molar-refractivity contribution in [2.75, 3.05) is 18.5 Å². The fourth-order valence-electron chi connectivity index (χ4n) is 1.20. The average molecular weight is 409 g/mol. The molecule has 108 valence electrons. The van der Waals surface area contributed by atoms with E-state index in [1.807, 2.05) is 0 Å². The number of halogens is 5. The van der Waals surface area contributed by atoms with Gasteiger partial charge in [0.25, 0.3) is 0 Å². The normalized spacial score (nSPS) is 13.2. The highest BCUT2D eigenvalue weighted by Crippen LogP contribution is 2.37. The molecular weight excluding hydrogens is 399 g/mol. The predicted molar refractivity (Wildman–Crippen MR) is 70.1 cm³/mol. The summed E-state index contributed by atoms with van der Waals surface area (Å²) in [5, 5.41) is 20.6. The number of aliphatic hydroxyl groups excluding tert-OH is 2. The molecule has 9 heteroatoms. The van der Waals surface area contributed by atoms with Crippen LogP contribution in [0, 0.1) is 0 Å². The van der Waals surface area contributed by atoms with Crippen LogP contribution in [0.2, 0.25) is 0 Å². The van der Waals surface area contributed by atoms with Crippen LogP contribution in [0.15, 0.2) is 21.1 Å². The SMILES string of the molecule is OCC(O)CNc1c(Br)cc(OC(F)(F)F)cc1Br. The van der Waals surface area contributed by atoms with Gasteiger partial charge in [-0.05, 0) is 44.0 Å². The van der Waals surface area contributed by atoms with Crippen molar-refractivity contribution >= 4 is 37.5 Å². The molecule has 0 spiro atoms. The molecule has 19 heavy (non-hydrogen) atoms. The second-order valence-corrected chi connectivity index (χ2v) is 5.24. The van der Waals surface area contributed by atoms with Crippen molar-refractivity contribution in [1.29, 1.82) is 0 Å². The molecule has 4 nitrogen and oxygen atoms in total. The minimum Gasteiger partial charge on any atom is -0.406 e. The van der Waals surface area contributed by atoms with E-state index in [1.54, 1.807) is 0 Å². The molecule has 0 saturated carbocycles. The van der Waals surface area contributed by atoms with Crippen molar-refractivity contribution < 1.29 is 28.1 Å². The van der Waals surface area contributed by atoms with Crippen LogP contribution in [-0.4, -0.2) is 35.8 Å². The van der Waals surface area contributed by atoms with Gasteiger partial charge in [-0.25, -0.2) is 0 Å². The highest BCUT2D eigenvalue weighted by Gasteiger charge is 2.31. The second-order valence-electron chi connectivity index (χ2n) is 3.53. The first-order valence-corrected chi connectivity index (χ1v) is 6.59. The molecule has 0 heterocycles. The van der Waals surface area contributed by atoms with Gasteiger partial charge in [-0.2, -0.15) is 0 Å². The average Bonchev–Trinajstić information content (AvgIpc) is 2.25. The van der Waals surface area contributed by atoms with E-state index in [-0.39, 0.29) is 12.3 Å². The van der Waals surface area contributed by atoms with Crippen LogP contribution in [-0.2, 0) is 0 Å². The Balaban J connectivity index is 2.85. The largest absolute Gasteiger partial charge is 0.573 e. The Bertz CT molecular complexity index is 420. The molecule has 0 aromatic heterocycles. The number of anilines is 1. The second kappa shape index (κ2) is 6.78. The van der Waals surface area contributed by atoms with Crippen molar-refractivity contribution in [1.82, 2.24) is 0 Å². The summed E-state index contributed by atoms with van der Waals surface area (Å²) < 4.78 is 40.7. The van der Waals surface area contributed by atoms with E-state index in [0.717, 1.165) is 12.1 Å². The maximum atomic E-state index is 12.1. The number of benzene rings is 1. The number of ether oxygens (including phenoxy) is 1. The molecular formula is C10H10Br2F3NO3. The summed E-state index contributed by atoms with van der Waals surface area (Å²) in [6.07, 6.45) is -5.73. The van der Waals surface area contributed by atoms with Gasteiger partial charge in [0.05, 0.1) is 18.4 Å². The van der Waals surface area contributed by atoms with Gasteiger partial charge in [0.2, 0.25) is 0 Å². The lowest BCUT2D eigenvalue weighted by Crippen LogP contribution is -2.23. The Morgan fingerprint density at radius 1 is 1.26 bits per heavy atom. The molecule has 1 rings (SSSR count). The first-order valence-electron chi connectivity index (χ1n) is 5.00. The Labute approximate surface area is 123 Å². The van der Waals surface area contributed by atoms with Crippen LogP contribution in [0.3, 0.4) is 0 Å². The highest BCUT2D eigenvalue weighted by atomic mass is 79.9. The number of alkyl halides is 3. The van der Waals surface area contributed by atoms with Gasteiger partial charge in [-0.3, -0.25) is 0 Å². The van der Waals surface area contributed by atoms with Crippen LogP contribution in [0.1, 0.15) is 0 Å². The molecule has 0 bridgehead atoms. The van der Waals surface area contributed by atoms with E-state index in [0.29, 0.717) is 14.6 Å². The zero-order valence-corrected chi connectivity index (χ0v) is 12.5. The van der Waals surface area contributed by atoms with Gasteiger partial charge in [0, 0.05) is 15.5 Å². The third-order valence-corrected chi connectivity index (χ3v) is 3.23. The molecule has 0 amide bonds. The molecule has 0 aliphatic heterocycles. The van der Waals surface area contributed by atoms with Crippen LogP contribution in [0.4, 0.5) is 18.9 Å². The lowest BCUT2D eigenvalue weighted by molar-refractivity contribution is -0.274. The van der Waals surface area contributed by atoms with Crippen LogP contribution < -0.4 is 10.1 Å². The Hall–Kier alpha value is -0.510. The standard InChI is InChI=1S/C10H10Br2F3NO3/c11-7-1-6(19-10(13,14)15)2-8(12)9(7)16-3-5(18)4-17/h1-2,5,16-18H,3-4H2. The van der Waals surface area contributed by atoms with Crippen LogP contribution in [0.25, 0.3) is 0 Å². The number of rotatable bonds is 5. The van der Waals surface area contributed by atoms with Gasteiger partial charge < -0.3 is 20.3 Å². The molecule has 0 aliphatic rings. The molecule has 0 saturated heterocycles. The summed E-state index contributed by atoms with van der Waals surface area (Å²) in [6.45, 7) is -0.370. The summed E-state index contributed by atoms with van der Waals surface area (Å²) >= 11 is 6.19. The summed E-state index contributed by atoms with van der Waals surface area (Å²) in [5.74, 6) is -0.375. The van der Waals surface area contributed by atoms with Gasteiger partial charge in [0.15, 0.2) is 0 Å². The van der Waals surface area contributed by atoms with Crippen molar-refractivity contribution in [2.45, 2.75) is 12.5 Å². The molecule has 1 atom stereocenters. The third-order valence-electron chi connectivity index (χ3n) is 1.97. The van der Waals surface area contributed by atoms with Gasteiger partial charge in [0.1, 0.15) is 5.75 Å². The summed E-state index contributed by atoms with van der Waals surface area (Å²) in [6, 6.07) is 2.29. The first-order chi connectivity index (χ1) is 8.73. The molecule has 0 fully saturated rings. The minimum absolute atomic E-state index is 0.0488. The lowest BCUT2D eigenvalue weighted by atomic mass is 10.3. The molecule has 0 radical (unpaired) electrons. The fourth-order valence-corrected chi connectivity index (χ4v) is 2.62. The third kappa shape index (κ3) is 5.55. The number of aliphatic hydroxyl groups is 2. The van der Waals surface area contributed by atoms with Crippen molar-refractivity contribution in [2.24, 2.45) is 0 Å². The fraction of sp³-hybridized carbons (Fsp3) is 0.400. The van der Waals surface area contributed by atoms with Crippen molar-refractivity contribution in [3.05, 3.63) is 21.1 Å². The number of hydrogen-bond donors (Lipinski definition) is 3. The highest BCUT2D eigenvalue weighted by molar-refractivity contribution is 9.11. The molecule has 0 aliphatic carbocycles. The minimum atomic E-state index is -4.76. The quantitative estimate of drug-likeness (QED) is 0.701. The number of nitrogens with one attached hydrogen (secondary N) is 1.